The minimum absolute atomic E-state index is 0.861. The number of fused-ring (bicyclic) bond motifs is 1. The second kappa shape index (κ2) is 5.07. The minimum atomic E-state index is 0.861. The number of thiophene rings is 1. The molecule has 0 unspecified atom stereocenters. The van der Waals surface area contributed by atoms with Gasteiger partial charge in [-0.3, -0.25) is 4.40 Å². The van der Waals surface area contributed by atoms with Crippen LogP contribution in [-0.2, 0) is 13.1 Å². The molecule has 0 fully saturated rings. The molecule has 0 aliphatic heterocycles. The quantitative estimate of drug-likeness (QED) is 0.794. The number of hydrogen-bond acceptors (Lipinski definition) is 4. The Balaban J connectivity index is 1.76. The molecular weight excluding hydrogens is 274 g/mol. The zero-order chi connectivity index (χ0) is 13.4. The van der Waals surface area contributed by atoms with Gasteiger partial charge in [-0.05, 0) is 42.7 Å². The van der Waals surface area contributed by atoms with Crippen molar-refractivity contribution in [3.63, 3.8) is 0 Å². The molecule has 0 bridgehead atoms. The Hall–Kier alpha value is -1.17. The van der Waals surface area contributed by atoms with Gasteiger partial charge in [0.1, 0.15) is 0 Å². The Labute approximate surface area is 120 Å². The van der Waals surface area contributed by atoms with Crippen LogP contribution in [0.25, 0.3) is 4.96 Å². The van der Waals surface area contributed by atoms with Crippen LogP contribution in [0.4, 0.5) is 0 Å². The number of aryl methyl sites for hydroxylation is 3. The van der Waals surface area contributed by atoms with Crippen molar-refractivity contribution in [2.24, 2.45) is 0 Å². The third kappa shape index (κ3) is 2.33. The van der Waals surface area contributed by atoms with Gasteiger partial charge in [-0.1, -0.05) is 0 Å². The lowest BCUT2D eigenvalue weighted by Crippen LogP contribution is -2.15. The van der Waals surface area contributed by atoms with Crippen LogP contribution in [0.2, 0.25) is 0 Å². The van der Waals surface area contributed by atoms with E-state index < -0.39 is 0 Å². The Kier molecular flexibility index (Phi) is 3.43. The van der Waals surface area contributed by atoms with E-state index in [0.29, 0.717) is 0 Å². The summed E-state index contributed by atoms with van der Waals surface area (Å²) >= 11 is 3.48. The van der Waals surface area contributed by atoms with Gasteiger partial charge in [0.25, 0.3) is 0 Å². The number of nitrogens with zero attached hydrogens (tertiary/aromatic N) is 2. The van der Waals surface area contributed by atoms with Crippen molar-refractivity contribution in [2.45, 2.75) is 33.9 Å². The molecule has 3 aromatic rings. The Morgan fingerprint density at radius 1 is 1.16 bits per heavy atom. The van der Waals surface area contributed by atoms with E-state index in [1.807, 2.05) is 0 Å². The van der Waals surface area contributed by atoms with E-state index >= 15 is 0 Å². The van der Waals surface area contributed by atoms with Crippen LogP contribution < -0.4 is 5.32 Å². The van der Waals surface area contributed by atoms with Gasteiger partial charge in [0.15, 0.2) is 4.96 Å². The molecule has 100 valence electrons. The van der Waals surface area contributed by atoms with E-state index in [9.17, 15) is 0 Å². The van der Waals surface area contributed by atoms with E-state index in [0.717, 1.165) is 23.7 Å². The monoisotopic (exact) mass is 291 g/mol. The van der Waals surface area contributed by atoms with Crippen molar-refractivity contribution in [2.75, 3.05) is 0 Å². The number of rotatable bonds is 4. The van der Waals surface area contributed by atoms with Gasteiger partial charge in [-0.15, -0.1) is 11.3 Å². The molecule has 0 aromatic carbocycles. The number of aromatic nitrogens is 2. The summed E-state index contributed by atoms with van der Waals surface area (Å²) < 4.78 is 2.26. The molecule has 0 aliphatic carbocycles. The summed E-state index contributed by atoms with van der Waals surface area (Å²) in [5, 5.41) is 10.1. The van der Waals surface area contributed by atoms with Crippen LogP contribution >= 0.6 is 22.7 Å². The molecule has 0 radical (unpaired) electrons. The molecule has 0 amide bonds. The molecule has 3 nitrogen and oxygen atoms in total. The van der Waals surface area contributed by atoms with Gasteiger partial charge in [-0.2, -0.15) is 11.3 Å². The highest BCUT2D eigenvalue weighted by Gasteiger charge is 2.11. The van der Waals surface area contributed by atoms with Gasteiger partial charge in [0, 0.05) is 24.2 Å². The summed E-state index contributed by atoms with van der Waals surface area (Å²) in [5.74, 6) is 0. The molecular formula is C14H17N3S2. The summed E-state index contributed by atoms with van der Waals surface area (Å²) in [7, 11) is 0. The molecule has 0 atom stereocenters. The molecule has 3 rings (SSSR count). The van der Waals surface area contributed by atoms with Gasteiger partial charge in [-0.25, -0.2) is 4.98 Å². The fourth-order valence-corrected chi connectivity index (χ4v) is 4.05. The van der Waals surface area contributed by atoms with Crippen LogP contribution in [0, 0.1) is 20.8 Å². The second-order valence-electron chi connectivity index (χ2n) is 4.82. The van der Waals surface area contributed by atoms with Crippen molar-refractivity contribution in [1.82, 2.24) is 14.7 Å². The zero-order valence-corrected chi connectivity index (χ0v) is 13.0. The Bertz CT molecular complexity index is 705. The fourth-order valence-electron chi connectivity index (χ4n) is 2.26. The summed E-state index contributed by atoms with van der Waals surface area (Å²) in [6, 6.07) is 0. The molecule has 5 heteroatoms. The first-order valence-corrected chi connectivity index (χ1v) is 8.13. The maximum Gasteiger partial charge on any atom is 0.194 e. The fraction of sp³-hybridized carbons (Fsp3) is 0.357. The number of nitrogens with one attached hydrogen (secondary N) is 1. The number of imidazole rings is 1. The van der Waals surface area contributed by atoms with Gasteiger partial charge >= 0.3 is 0 Å². The van der Waals surface area contributed by atoms with Crippen molar-refractivity contribution in [3.05, 3.63) is 44.3 Å². The highest BCUT2D eigenvalue weighted by Crippen LogP contribution is 2.20. The van der Waals surface area contributed by atoms with Crippen LogP contribution in [0.3, 0.4) is 0 Å². The standard InChI is InChI=1S/C14H17N3S2/c1-9-6-18-8-12(9)4-15-5-13-11(3)16-14-17(13)10(2)7-19-14/h6-8,15H,4-5H2,1-3H3. The molecule has 0 spiro atoms. The first-order chi connectivity index (χ1) is 9.16. The Morgan fingerprint density at radius 2 is 2.00 bits per heavy atom. The summed E-state index contributed by atoms with van der Waals surface area (Å²) in [4.78, 5) is 5.71. The molecule has 3 heterocycles. The molecule has 1 N–H and O–H groups in total. The van der Waals surface area contributed by atoms with Crippen LogP contribution in [-0.4, -0.2) is 9.38 Å². The third-order valence-corrected chi connectivity index (χ3v) is 5.25. The maximum atomic E-state index is 4.61. The minimum Gasteiger partial charge on any atom is -0.307 e. The van der Waals surface area contributed by atoms with E-state index in [4.69, 9.17) is 0 Å². The average molecular weight is 291 g/mol. The van der Waals surface area contributed by atoms with Crippen molar-refractivity contribution >= 4 is 27.6 Å². The van der Waals surface area contributed by atoms with Gasteiger partial charge in [0.05, 0.1) is 11.4 Å². The first-order valence-electron chi connectivity index (χ1n) is 6.31. The lowest BCUT2D eigenvalue weighted by molar-refractivity contribution is 0.670. The average Bonchev–Trinajstić information content (AvgIpc) is 3.01. The van der Waals surface area contributed by atoms with Crippen LogP contribution in [0.15, 0.2) is 16.1 Å². The summed E-state index contributed by atoms with van der Waals surface area (Å²) in [5.41, 5.74) is 6.44. The second-order valence-corrected chi connectivity index (χ2v) is 6.40. The van der Waals surface area contributed by atoms with E-state index in [1.165, 1.54) is 22.5 Å². The summed E-state index contributed by atoms with van der Waals surface area (Å²) in [6.45, 7) is 8.17. The lowest BCUT2D eigenvalue weighted by atomic mass is 10.2. The first kappa shape index (κ1) is 12.8. The van der Waals surface area contributed by atoms with Gasteiger partial charge < -0.3 is 5.32 Å². The predicted octanol–water partition coefficient (Wildman–Crippen LogP) is 3.67. The smallest absolute Gasteiger partial charge is 0.194 e. The van der Waals surface area contributed by atoms with Crippen LogP contribution in [0.1, 0.15) is 28.2 Å². The largest absolute Gasteiger partial charge is 0.307 e. The van der Waals surface area contributed by atoms with Crippen molar-refractivity contribution in [3.8, 4) is 0 Å². The lowest BCUT2D eigenvalue weighted by Gasteiger charge is -2.06. The number of hydrogen-bond donors (Lipinski definition) is 1. The van der Waals surface area contributed by atoms with Crippen molar-refractivity contribution < 1.29 is 0 Å². The normalized spacial score (nSPS) is 11.5. The molecule has 19 heavy (non-hydrogen) atoms. The predicted molar refractivity (Wildman–Crippen MR) is 82.1 cm³/mol. The molecule has 0 aliphatic rings. The topological polar surface area (TPSA) is 29.3 Å². The third-order valence-electron chi connectivity index (χ3n) is 3.40. The molecule has 0 saturated carbocycles. The molecule has 3 aromatic heterocycles. The Morgan fingerprint density at radius 3 is 2.74 bits per heavy atom. The number of thiazole rings is 1. The van der Waals surface area contributed by atoms with Crippen LogP contribution in [0.5, 0.6) is 0 Å². The molecule has 0 saturated heterocycles. The van der Waals surface area contributed by atoms with E-state index in [-0.39, 0.29) is 0 Å². The SMILES string of the molecule is Cc1cscc1CNCc1c(C)nc2scc(C)n12. The maximum absolute atomic E-state index is 4.61. The van der Waals surface area contributed by atoms with Crippen molar-refractivity contribution in [1.29, 1.82) is 0 Å². The zero-order valence-electron chi connectivity index (χ0n) is 11.4. The van der Waals surface area contributed by atoms with E-state index in [1.54, 1.807) is 22.7 Å². The highest BCUT2D eigenvalue weighted by molar-refractivity contribution is 7.15. The highest BCUT2D eigenvalue weighted by atomic mass is 32.1. The van der Waals surface area contributed by atoms with Gasteiger partial charge in [0.2, 0.25) is 0 Å². The van der Waals surface area contributed by atoms with E-state index in [2.05, 4.69) is 51.6 Å². The summed E-state index contributed by atoms with van der Waals surface area (Å²) in [6.07, 6.45) is 0.